The summed E-state index contributed by atoms with van der Waals surface area (Å²) < 4.78 is 2.02. The van der Waals surface area contributed by atoms with E-state index < -0.39 is 0 Å². The van der Waals surface area contributed by atoms with Crippen molar-refractivity contribution in [1.82, 2.24) is 14.8 Å². The van der Waals surface area contributed by atoms with Gasteiger partial charge in [-0.25, -0.2) is 0 Å². The van der Waals surface area contributed by atoms with Gasteiger partial charge in [0.05, 0.1) is 5.54 Å². The van der Waals surface area contributed by atoms with Gasteiger partial charge in [-0.15, -0.1) is 10.2 Å². The highest BCUT2D eigenvalue weighted by atomic mass is 15.3. The number of hydrogen-bond acceptors (Lipinski definition) is 3. The second kappa shape index (κ2) is 3.59. The fourth-order valence-corrected chi connectivity index (χ4v) is 2.34. The van der Waals surface area contributed by atoms with E-state index in [0.29, 0.717) is 0 Å². The van der Waals surface area contributed by atoms with Gasteiger partial charge in [0.2, 0.25) is 0 Å². The summed E-state index contributed by atoms with van der Waals surface area (Å²) in [5.41, 5.74) is 6.19. The minimum absolute atomic E-state index is 0.247. The smallest absolute Gasteiger partial charge is 0.152 e. The SMILES string of the molecule is Cc1nnc(C2(N)CCC(C)CC2)n1C. The van der Waals surface area contributed by atoms with Crippen LogP contribution in [-0.2, 0) is 12.6 Å². The van der Waals surface area contributed by atoms with E-state index in [0.717, 1.165) is 30.4 Å². The zero-order valence-corrected chi connectivity index (χ0v) is 9.82. The molecule has 0 unspecified atom stereocenters. The molecule has 0 aromatic carbocycles. The van der Waals surface area contributed by atoms with E-state index in [-0.39, 0.29) is 5.54 Å². The van der Waals surface area contributed by atoms with Crippen LogP contribution in [0, 0.1) is 12.8 Å². The second-order valence-electron chi connectivity index (χ2n) is 4.97. The van der Waals surface area contributed by atoms with Gasteiger partial charge in [0.1, 0.15) is 5.82 Å². The van der Waals surface area contributed by atoms with Crippen LogP contribution in [0.4, 0.5) is 0 Å². The Morgan fingerprint density at radius 2 is 1.93 bits per heavy atom. The van der Waals surface area contributed by atoms with Gasteiger partial charge in [-0.3, -0.25) is 0 Å². The van der Waals surface area contributed by atoms with Crippen LogP contribution in [0.2, 0.25) is 0 Å². The highest BCUT2D eigenvalue weighted by Crippen LogP contribution is 2.36. The summed E-state index contributed by atoms with van der Waals surface area (Å²) >= 11 is 0. The van der Waals surface area contributed by atoms with Gasteiger partial charge in [0.15, 0.2) is 5.82 Å². The van der Waals surface area contributed by atoms with Crippen molar-refractivity contribution in [2.24, 2.45) is 18.7 Å². The van der Waals surface area contributed by atoms with Crippen molar-refractivity contribution >= 4 is 0 Å². The van der Waals surface area contributed by atoms with E-state index in [1.165, 1.54) is 12.8 Å². The molecule has 0 saturated heterocycles. The molecule has 4 heteroatoms. The number of aryl methyl sites for hydroxylation is 1. The molecule has 0 radical (unpaired) electrons. The summed E-state index contributed by atoms with van der Waals surface area (Å²) in [7, 11) is 2.00. The van der Waals surface area contributed by atoms with E-state index >= 15 is 0 Å². The fraction of sp³-hybridized carbons (Fsp3) is 0.818. The summed E-state index contributed by atoms with van der Waals surface area (Å²) in [5.74, 6) is 2.69. The van der Waals surface area contributed by atoms with E-state index in [4.69, 9.17) is 5.73 Å². The Balaban J connectivity index is 2.26. The van der Waals surface area contributed by atoms with Gasteiger partial charge in [0.25, 0.3) is 0 Å². The lowest BCUT2D eigenvalue weighted by Crippen LogP contribution is -2.42. The molecule has 0 amide bonds. The molecule has 15 heavy (non-hydrogen) atoms. The number of rotatable bonds is 1. The average Bonchev–Trinajstić information content (AvgIpc) is 2.54. The molecular weight excluding hydrogens is 188 g/mol. The molecule has 1 fully saturated rings. The van der Waals surface area contributed by atoms with Crippen molar-refractivity contribution in [2.75, 3.05) is 0 Å². The summed E-state index contributed by atoms with van der Waals surface area (Å²) in [6, 6.07) is 0. The van der Waals surface area contributed by atoms with Gasteiger partial charge in [-0.1, -0.05) is 6.92 Å². The Hall–Kier alpha value is -0.900. The first kappa shape index (κ1) is 10.6. The summed E-state index contributed by atoms with van der Waals surface area (Å²) in [6.07, 6.45) is 4.45. The average molecular weight is 208 g/mol. The molecule has 1 aliphatic rings. The van der Waals surface area contributed by atoms with Crippen LogP contribution in [0.5, 0.6) is 0 Å². The third-order valence-corrected chi connectivity index (χ3v) is 3.70. The Kier molecular flexibility index (Phi) is 2.54. The Morgan fingerprint density at radius 1 is 1.33 bits per heavy atom. The van der Waals surface area contributed by atoms with Gasteiger partial charge in [-0.2, -0.15) is 0 Å². The fourth-order valence-electron chi connectivity index (χ4n) is 2.34. The maximum atomic E-state index is 6.43. The molecule has 84 valence electrons. The molecule has 1 aromatic heterocycles. The Morgan fingerprint density at radius 3 is 2.40 bits per heavy atom. The third-order valence-electron chi connectivity index (χ3n) is 3.70. The molecule has 1 aromatic rings. The predicted molar refractivity (Wildman–Crippen MR) is 59.2 cm³/mol. The monoisotopic (exact) mass is 208 g/mol. The number of aromatic nitrogens is 3. The second-order valence-corrected chi connectivity index (χ2v) is 4.97. The van der Waals surface area contributed by atoms with Gasteiger partial charge < -0.3 is 10.3 Å². The standard InChI is InChI=1S/C11H20N4/c1-8-4-6-11(12,7-5-8)10-14-13-9(2)15(10)3/h8H,4-7,12H2,1-3H3. The van der Waals surface area contributed by atoms with Crippen molar-refractivity contribution in [3.8, 4) is 0 Å². The molecule has 0 bridgehead atoms. The van der Waals surface area contributed by atoms with Crippen molar-refractivity contribution < 1.29 is 0 Å². The van der Waals surface area contributed by atoms with Crippen molar-refractivity contribution in [3.05, 3.63) is 11.6 Å². The molecular formula is C11H20N4. The minimum atomic E-state index is -0.247. The van der Waals surface area contributed by atoms with Crippen molar-refractivity contribution in [2.45, 2.75) is 45.1 Å². The maximum Gasteiger partial charge on any atom is 0.152 e. The van der Waals surface area contributed by atoms with Crippen LogP contribution in [0.15, 0.2) is 0 Å². The topological polar surface area (TPSA) is 56.7 Å². The number of nitrogens with two attached hydrogens (primary N) is 1. The molecule has 1 saturated carbocycles. The molecule has 0 spiro atoms. The van der Waals surface area contributed by atoms with Crippen LogP contribution in [-0.4, -0.2) is 14.8 Å². The van der Waals surface area contributed by atoms with Crippen LogP contribution in [0.3, 0.4) is 0 Å². The van der Waals surface area contributed by atoms with Gasteiger partial charge in [0, 0.05) is 7.05 Å². The quantitative estimate of drug-likeness (QED) is 0.760. The molecule has 0 aliphatic heterocycles. The zero-order chi connectivity index (χ0) is 11.1. The Labute approximate surface area is 90.9 Å². The largest absolute Gasteiger partial charge is 0.319 e. The van der Waals surface area contributed by atoms with E-state index in [1.54, 1.807) is 0 Å². The lowest BCUT2D eigenvalue weighted by molar-refractivity contribution is 0.232. The first-order valence-electron chi connectivity index (χ1n) is 5.68. The van der Waals surface area contributed by atoms with Crippen LogP contribution in [0.25, 0.3) is 0 Å². The maximum absolute atomic E-state index is 6.43. The lowest BCUT2D eigenvalue weighted by atomic mass is 9.77. The highest BCUT2D eigenvalue weighted by Gasteiger charge is 2.35. The van der Waals surface area contributed by atoms with Gasteiger partial charge in [-0.05, 0) is 38.5 Å². The zero-order valence-electron chi connectivity index (χ0n) is 9.82. The van der Waals surface area contributed by atoms with E-state index in [1.807, 2.05) is 18.5 Å². The molecule has 4 nitrogen and oxygen atoms in total. The summed E-state index contributed by atoms with van der Waals surface area (Å²) in [5, 5.41) is 8.31. The third kappa shape index (κ3) is 1.78. The van der Waals surface area contributed by atoms with Gasteiger partial charge >= 0.3 is 0 Å². The number of nitrogens with zero attached hydrogens (tertiary/aromatic N) is 3. The minimum Gasteiger partial charge on any atom is -0.319 e. The van der Waals surface area contributed by atoms with E-state index in [9.17, 15) is 0 Å². The molecule has 1 heterocycles. The molecule has 1 aliphatic carbocycles. The van der Waals surface area contributed by atoms with Crippen molar-refractivity contribution in [1.29, 1.82) is 0 Å². The first-order valence-corrected chi connectivity index (χ1v) is 5.68. The summed E-state index contributed by atoms with van der Waals surface area (Å²) in [4.78, 5) is 0. The number of hydrogen-bond donors (Lipinski definition) is 1. The summed E-state index contributed by atoms with van der Waals surface area (Å²) in [6.45, 7) is 4.26. The van der Waals surface area contributed by atoms with Crippen LogP contribution in [0.1, 0.15) is 44.3 Å². The highest BCUT2D eigenvalue weighted by molar-refractivity contribution is 5.09. The normalized spacial score (nSPS) is 31.9. The Bertz CT molecular complexity index is 347. The van der Waals surface area contributed by atoms with Crippen LogP contribution < -0.4 is 5.73 Å². The molecule has 0 atom stereocenters. The lowest BCUT2D eigenvalue weighted by Gasteiger charge is -2.34. The molecule has 2 N–H and O–H groups in total. The first-order chi connectivity index (χ1) is 7.03. The van der Waals surface area contributed by atoms with E-state index in [2.05, 4.69) is 17.1 Å². The van der Waals surface area contributed by atoms with Crippen molar-refractivity contribution in [3.63, 3.8) is 0 Å². The van der Waals surface area contributed by atoms with Crippen LogP contribution >= 0.6 is 0 Å². The predicted octanol–water partition coefficient (Wildman–Crippen LogP) is 1.49. The molecule has 2 rings (SSSR count).